The third-order valence-corrected chi connectivity index (χ3v) is 6.06. The second-order valence-electron chi connectivity index (χ2n) is 5.72. The molecule has 4 N–H and O–H groups in total. The molecular weight excluding hydrogens is 534 g/mol. The van der Waals surface area contributed by atoms with Gasteiger partial charge in [-0.1, -0.05) is 28.1 Å². The first-order valence-corrected chi connectivity index (χ1v) is 11.2. The standard InChI is InChI=1S/C16H13Br2N5O3S2/c1-23-14-9(6-8(17)7-10(14)18)13(15(23)24)21-22-16(27)20-11-4-2-3-5-12(11)28(19,25)26/h2-7H,1H3,(H2,19,25,26)(H2,20,22,27). The number of hydrogen-bond donors (Lipinski definition) is 3. The van der Waals surface area contributed by atoms with Crippen molar-refractivity contribution in [3.8, 4) is 0 Å². The van der Waals surface area contributed by atoms with Crippen LogP contribution in [-0.4, -0.2) is 32.2 Å². The lowest BCUT2D eigenvalue weighted by atomic mass is 10.1. The first-order chi connectivity index (χ1) is 13.1. The fourth-order valence-electron chi connectivity index (χ4n) is 2.65. The van der Waals surface area contributed by atoms with E-state index in [2.05, 4.69) is 47.7 Å². The van der Waals surface area contributed by atoms with Crippen LogP contribution < -0.4 is 20.8 Å². The summed E-state index contributed by atoms with van der Waals surface area (Å²) in [5.41, 5.74) is 4.25. The van der Waals surface area contributed by atoms with Crippen LogP contribution in [0.5, 0.6) is 0 Å². The summed E-state index contributed by atoms with van der Waals surface area (Å²) in [4.78, 5) is 13.9. The Balaban J connectivity index is 1.86. The lowest BCUT2D eigenvalue weighted by molar-refractivity contribution is -0.112. The molecular formula is C16H13Br2N5O3S2. The van der Waals surface area contributed by atoms with Crippen LogP contribution in [0, 0.1) is 0 Å². The number of amides is 1. The van der Waals surface area contributed by atoms with Crippen molar-refractivity contribution >= 4 is 82.2 Å². The molecule has 2 aromatic rings. The zero-order valence-corrected chi connectivity index (χ0v) is 19.0. The number of carbonyl (C=O) groups excluding carboxylic acids is 1. The molecule has 146 valence electrons. The number of thiocarbonyl (C=S) groups is 1. The fraction of sp³-hybridized carbons (Fsp3) is 0.0625. The Labute approximate surface area is 183 Å². The van der Waals surface area contributed by atoms with Gasteiger partial charge in [0.25, 0.3) is 5.91 Å². The predicted molar refractivity (Wildman–Crippen MR) is 119 cm³/mol. The van der Waals surface area contributed by atoms with Gasteiger partial charge in [-0.05, 0) is 52.4 Å². The lowest BCUT2D eigenvalue weighted by Gasteiger charge is -2.11. The number of nitrogens with one attached hydrogen (secondary N) is 2. The average Bonchev–Trinajstić information content (AvgIpc) is 2.83. The van der Waals surface area contributed by atoms with E-state index in [1.54, 1.807) is 25.2 Å². The van der Waals surface area contributed by atoms with Crippen molar-refractivity contribution in [2.24, 2.45) is 10.2 Å². The Kier molecular flexibility index (Phi) is 5.87. The zero-order valence-electron chi connectivity index (χ0n) is 14.2. The molecule has 0 atom stereocenters. The second-order valence-corrected chi connectivity index (χ2v) is 9.42. The van der Waals surface area contributed by atoms with Crippen LogP contribution in [0.2, 0.25) is 0 Å². The number of para-hydroxylation sites is 1. The van der Waals surface area contributed by atoms with Gasteiger partial charge in [-0.2, -0.15) is 5.10 Å². The van der Waals surface area contributed by atoms with Crippen molar-refractivity contribution in [1.29, 1.82) is 0 Å². The molecule has 0 radical (unpaired) electrons. The van der Waals surface area contributed by atoms with Crippen LogP contribution in [0.15, 0.2) is 55.3 Å². The van der Waals surface area contributed by atoms with Gasteiger partial charge in [0.2, 0.25) is 10.0 Å². The number of fused-ring (bicyclic) bond motifs is 1. The topological polar surface area (TPSA) is 117 Å². The van der Waals surface area contributed by atoms with Gasteiger partial charge >= 0.3 is 0 Å². The Bertz CT molecular complexity index is 1140. The van der Waals surface area contributed by atoms with Crippen LogP contribution >= 0.6 is 44.1 Å². The number of nitrogens with zero attached hydrogens (tertiary/aromatic N) is 2. The Morgan fingerprint density at radius 3 is 2.61 bits per heavy atom. The minimum Gasteiger partial charge on any atom is -0.330 e. The summed E-state index contributed by atoms with van der Waals surface area (Å²) in [5, 5.41) is 12.0. The predicted octanol–water partition coefficient (Wildman–Crippen LogP) is 2.53. The molecule has 1 amide bonds. The summed E-state index contributed by atoms with van der Waals surface area (Å²) < 4.78 is 24.9. The van der Waals surface area contributed by atoms with Gasteiger partial charge in [0.05, 0.1) is 11.4 Å². The molecule has 0 spiro atoms. The van der Waals surface area contributed by atoms with Gasteiger partial charge in [-0.25, -0.2) is 13.6 Å². The molecule has 0 aliphatic carbocycles. The van der Waals surface area contributed by atoms with E-state index < -0.39 is 10.0 Å². The minimum atomic E-state index is -3.93. The van der Waals surface area contributed by atoms with Gasteiger partial charge in [0.1, 0.15) is 4.90 Å². The molecule has 0 fully saturated rings. The number of benzene rings is 2. The van der Waals surface area contributed by atoms with Crippen molar-refractivity contribution in [1.82, 2.24) is 5.43 Å². The van der Waals surface area contributed by atoms with E-state index in [1.165, 1.54) is 17.0 Å². The van der Waals surface area contributed by atoms with Crippen LogP contribution in [0.25, 0.3) is 0 Å². The van der Waals surface area contributed by atoms with E-state index in [-0.39, 0.29) is 27.3 Å². The minimum absolute atomic E-state index is 0.00145. The highest BCUT2D eigenvalue weighted by Crippen LogP contribution is 2.37. The maximum Gasteiger partial charge on any atom is 0.279 e. The summed E-state index contributed by atoms with van der Waals surface area (Å²) in [6.45, 7) is 0. The van der Waals surface area contributed by atoms with Crippen LogP contribution in [0.1, 0.15) is 5.56 Å². The maximum absolute atomic E-state index is 12.5. The first kappa shape index (κ1) is 20.9. The monoisotopic (exact) mass is 545 g/mol. The molecule has 3 rings (SSSR count). The number of rotatable bonds is 3. The van der Waals surface area contributed by atoms with E-state index in [1.807, 2.05) is 6.07 Å². The number of hydrogen-bond acceptors (Lipinski definition) is 5. The van der Waals surface area contributed by atoms with Gasteiger partial charge < -0.3 is 10.2 Å². The quantitative estimate of drug-likeness (QED) is 0.402. The third-order valence-electron chi connectivity index (χ3n) is 3.84. The molecule has 0 aromatic heterocycles. The summed E-state index contributed by atoms with van der Waals surface area (Å²) in [6, 6.07) is 9.64. The molecule has 0 saturated heterocycles. The number of carbonyl (C=O) groups is 1. The van der Waals surface area contributed by atoms with E-state index >= 15 is 0 Å². The van der Waals surface area contributed by atoms with Gasteiger partial charge in [-0.15, -0.1) is 0 Å². The normalized spacial score (nSPS) is 14.9. The van der Waals surface area contributed by atoms with Crippen molar-refractivity contribution in [3.63, 3.8) is 0 Å². The van der Waals surface area contributed by atoms with Crippen molar-refractivity contribution < 1.29 is 13.2 Å². The lowest BCUT2D eigenvalue weighted by Crippen LogP contribution is -2.30. The molecule has 1 aliphatic rings. The molecule has 12 heteroatoms. The van der Waals surface area contributed by atoms with E-state index in [4.69, 9.17) is 17.4 Å². The molecule has 1 aliphatic heterocycles. The molecule has 8 nitrogen and oxygen atoms in total. The summed E-state index contributed by atoms with van der Waals surface area (Å²) >= 11 is 12.0. The number of primary sulfonamides is 1. The summed E-state index contributed by atoms with van der Waals surface area (Å²) in [7, 11) is -2.29. The average molecular weight is 547 g/mol. The highest BCUT2D eigenvalue weighted by atomic mass is 79.9. The van der Waals surface area contributed by atoms with E-state index in [9.17, 15) is 13.2 Å². The van der Waals surface area contributed by atoms with Crippen LogP contribution in [0.3, 0.4) is 0 Å². The van der Waals surface area contributed by atoms with Crippen molar-refractivity contribution in [2.75, 3.05) is 17.3 Å². The van der Waals surface area contributed by atoms with E-state index in [0.29, 0.717) is 11.3 Å². The first-order valence-electron chi connectivity index (χ1n) is 7.63. The molecule has 0 unspecified atom stereocenters. The van der Waals surface area contributed by atoms with E-state index in [0.717, 1.165) is 8.95 Å². The Hall–Kier alpha value is -1.86. The number of likely N-dealkylation sites (N-methyl/N-ethyl adjacent to an activating group) is 1. The molecule has 0 bridgehead atoms. The fourth-order valence-corrected chi connectivity index (χ4v) is 4.99. The van der Waals surface area contributed by atoms with Crippen LogP contribution in [0.4, 0.5) is 11.4 Å². The summed E-state index contributed by atoms with van der Waals surface area (Å²) in [5.74, 6) is -0.311. The SMILES string of the molecule is CN1C(=O)C(=NNC(=S)Nc2ccccc2S(N)(=O)=O)c2cc(Br)cc(Br)c21. The Morgan fingerprint density at radius 1 is 1.25 bits per heavy atom. The number of anilines is 2. The highest BCUT2D eigenvalue weighted by Gasteiger charge is 2.33. The number of sulfonamides is 1. The van der Waals surface area contributed by atoms with Gasteiger partial charge in [-0.3, -0.25) is 10.2 Å². The molecule has 28 heavy (non-hydrogen) atoms. The molecule has 2 aromatic carbocycles. The number of halogens is 2. The van der Waals surface area contributed by atoms with Crippen molar-refractivity contribution in [2.45, 2.75) is 4.90 Å². The molecule has 0 saturated carbocycles. The molecule has 1 heterocycles. The zero-order chi connectivity index (χ0) is 20.6. The number of nitrogens with two attached hydrogens (primary N) is 1. The summed E-state index contributed by atoms with van der Waals surface area (Å²) in [6.07, 6.45) is 0. The second kappa shape index (κ2) is 7.87. The van der Waals surface area contributed by atoms with Gasteiger partial charge in [0.15, 0.2) is 10.8 Å². The Morgan fingerprint density at radius 2 is 1.93 bits per heavy atom. The third kappa shape index (κ3) is 4.10. The van der Waals surface area contributed by atoms with Crippen molar-refractivity contribution in [3.05, 3.63) is 50.9 Å². The van der Waals surface area contributed by atoms with Crippen LogP contribution in [-0.2, 0) is 14.8 Å². The van der Waals surface area contributed by atoms with Gasteiger partial charge in [0, 0.05) is 21.6 Å². The maximum atomic E-state index is 12.5. The smallest absolute Gasteiger partial charge is 0.279 e. The largest absolute Gasteiger partial charge is 0.330 e. The number of hydrazone groups is 1. The highest BCUT2D eigenvalue weighted by molar-refractivity contribution is 9.11.